The normalized spacial score (nSPS) is 32.8. The first kappa shape index (κ1) is 12.3. The highest BCUT2D eigenvalue weighted by Gasteiger charge is 2.27. The Labute approximate surface area is 104 Å². The van der Waals surface area contributed by atoms with Gasteiger partial charge in [-0.25, -0.2) is 0 Å². The zero-order valence-corrected chi connectivity index (χ0v) is 11.4. The van der Waals surface area contributed by atoms with E-state index in [0.29, 0.717) is 5.54 Å². The molecule has 1 aliphatic carbocycles. The van der Waals surface area contributed by atoms with Crippen LogP contribution in [0, 0.1) is 5.92 Å². The van der Waals surface area contributed by atoms with E-state index in [0.717, 1.165) is 12.5 Å². The van der Waals surface area contributed by atoms with Crippen LogP contribution < -0.4 is 5.32 Å². The SMILES string of the molecule is CCC1(C)CCSC(=NCCCC2CC2)N1. The smallest absolute Gasteiger partial charge is 0.156 e. The summed E-state index contributed by atoms with van der Waals surface area (Å²) in [6.45, 7) is 5.59. The Bertz CT molecular complexity index is 261. The fraction of sp³-hybridized carbons (Fsp3) is 0.923. The lowest BCUT2D eigenvalue weighted by Crippen LogP contribution is -2.48. The summed E-state index contributed by atoms with van der Waals surface area (Å²) < 4.78 is 0. The molecule has 0 bridgehead atoms. The second-order valence-corrected chi connectivity index (χ2v) is 6.49. The molecule has 0 spiro atoms. The lowest BCUT2D eigenvalue weighted by atomic mass is 9.96. The Balaban J connectivity index is 1.72. The fourth-order valence-corrected chi connectivity index (χ4v) is 3.29. The van der Waals surface area contributed by atoms with Crippen molar-refractivity contribution in [1.82, 2.24) is 5.32 Å². The predicted octanol–water partition coefficient (Wildman–Crippen LogP) is 3.43. The minimum absolute atomic E-state index is 0.292. The molecule has 1 unspecified atom stereocenters. The van der Waals surface area contributed by atoms with Crippen LogP contribution in [0.2, 0.25) is 0 Å². The number of thioether (sulfide) groups is 1. The Morgan fingerprint density at radius 3 is 3.00 bits per heavy atom. The number of hydrogen-bond donors (Lipinski definition) is 1. The van der Waals surface area contributed by atoms with Crippen molar-refractivity contribution in [3.63, 3.8) is 0 Å². The van der Waals surface area contributed by atoms with E-state index >= 15 is 0 Å². The van der Waals surface area contributed by atoms with E-state index < -0.39 is 0 Å². The van der Waals surface area contributed by atoms with E-state index in [1.165, 1.54) is 49.4 Å². The van der Waals surface area contributed by atoms with Crippen LogP contribution in [0.15, 0.2) is 4.99 Å². The molecule has 0 radical (unpaired) electrons. The molecule has 0 aromatic carbocycles. The number of amidine groups is 1. The third kappa shape index (κ3) is 3.69. The number of nitrogens with one attached hydrogen (secondary N) is 1. The van der Waals surface area contributed by atoms with Crippen molar-refractivity contribution >= 4 is 16.9 Å². The highest BCUT2D eigenvalue weighted by atomic mass is 32.2. The summed E-state index contributed by atoms with van der Waals surface area (Å²) in [4.78, 5) is 4.69. The zero-order chi connectivity index (χ0) is 11.4. The van der Waals surface area contributed by atoms with E-state index in [1.807, 2.05) is 11.8 Å². The van der Waals surface area contributed by atoms with Crippen LogP contribution in [0.4, 0.5) is 0 Å². The molecular weight excluding hydrogens is 216 g/mol. The van der Waals surface area contributed by atoms with E-state index in [2.05, 4.69) is 19.2 Å². The highest BCUT2D eigenvalue weighted by molar-refractivity contribution is 8.13. The van der Waals surface area contributed by atoms with E-state index in [1.54, 1.807) is 0 Å². The molecule has 1 saturated carbocycles. The van der Waals surface area contributed by atoms with Gasteiger partial charge in [-0.15, -0.1) is 0 Å². The van der Waals surface area contributed by atoms with E-state index in [4.69, 9.17) is 4.99 Å². The quantitative estimate of drug-likeness (QED) is 0.745. The molecule has 2 aliphatic rings. The second kappa shape index (κ2) is 5.44. The Morgan fingerprint density at radius 1 is 1.50 bits per heavy atom. The average Bonchev–Trinajstić information content (AvgIpc) is 3.09. The van der Waals surface area contributed by atoms with Crippen LogP contribution in [0.3, 0.4) is 0 Å². The molecule has 0 aromatic rings. The number of hydrogen-bond acceptors (Lipinski definition) is 2. The van der Waals surface area contributed by atoms with Crippen molar-refractivity contribution in [3.05, 3.63) is 0 Å². The van der Waals surface area contributed by atoms with Gasteiger partial charge in [-0.1, -0.05) is 31.5 Å². The van der Waals surface area contributed by atoms with Gasteiger partial charge in [-0.05, 0) is 38.5 Å². The van der Waals surface area contributed by atoms with Crippen LogP contribution in [0.25, 0.3) is 0 Å². The summed E-state index contributed by atoms with van der Waals surface area (Å²) in [5.41, 5.74) is 0.292. The molecule has 1 atom stereocenters. The molecule has 0 aromatic heterocycles. The topological polar surface area (TPSA) is 24.4 Å². The Kier molecular flexibility index (Phi) is 4.17. The molecule has 16 heavy (non-hydrogen) atoms. The summed E-state index contributed by atoms with van der Waals surface area (Å²) in [7, 11) is 0. The van der Waals surface area contributed by atoms with Gasteiger partial charge in [0.15, 0.2) is 5.17 Å². The van der Waals surface area contributed by atoms with Crippen LogP contribution in [0.5, 0.6) is 0 Å². The first-order valence-electron chi connectivity index (χ1n) is 6.67. The maximum absolute atomic E-state index is 4.69. The van der Waals surface area contributed by atoms with Crippen LogP contribution >= 0.6 is 11.8 Å². The molecule has 2 rings (SSSR count). The lowest BCUT2D eigenvalue weighted by molar-refractivity contribution is 0.390. The average molecular weight is 240 g/mol. The van der Waals surface area contributed by atoms with Crippen molar-refractivity contribution in [2.75, 3.05) is 12.3 Å². The van der Waals surface area contributed by atoms with Crippen LogP contribution in [-0.2, 0) is 0 Å². The molecule has 0 amide bonds. The standard InChI is InChI=1S/C13H24N2S/c1-3-13(2)8-10-16-12(15-13)14-9-4-5-11-6-7-11/h11H,3-10H2,1-2H3,(H,14,15). The van der Waals surface area contributed by atoms with Crippen LogP contribution in [-0.4, -0.2) is 23.0 Å². The lowest BCUT2D eigenvalue weighted by Gasteiger charge is -2.35. The second-order valence-electron chi connectivity index (χ2n) is 5.41. The van der Waals surface area contributed by atoms with Gasteiger partial charge < -0.3 is 5.32 Å². The number of nitrogens with zero attached hydrogens (tertiary/aromatic N) is 1. The maximum Gasteiger partial charge on any atom is 0.156 e. The molecule has 92 valence electrons. The first-order chi connectivity index (χ1) is 7.72. The summed E-state index contributed by atoms with van der Waals surface area (Å²) in [6, 6.07) is 0. The van der Waals surface area contributed by atoms with E-state index in [-0.39, 0.29) is 0 Å². The fourth-order valence-electron chi connectivity index (χ4n) is 2.05. The minimum Gasteiger partial charge on any atom is -0.360 e. The first-order valence-corrected chi connectivity index (χ1v) is 7.66. The highest BCUT2D eigenvalue weighted by Crippen LogP contribution is 2.33. The largest absolute Gasteiger partial charge is 0.360 e. The van der Waals surface area contributed by atoms with Crippen molar-refractivity contribution in [3.8, 4) is 0 Å². The Hall–Kier alpha value is -0.180. The van der Waals surface area contributed by atoms with Gasteiger partial charge in [0.25, 0.3) is 0 Å². The third-order valence-corrected chi connectivity index (χ3v) is 4.72. The number of aliphatic imine (C=N–C) groups is 1. The van der Waals surface area contributed by atoms with Gasteiger partial charge >= 0.3 is 0 Å². The van der Waals surface area contributed by atoms with Gasteiger partial charge in [0.05, 0.1) is 0 Å². The molecule has 1 saturated heterocycles. The minimum atomic E-state index is 0.292. The molecule has 2 fully saturated rings. The molecule has 2 nitrogen and oxygen atoms in total. The van der Waals surface area contributed by atoms with Gasteiger partial charge in [-0.2, -0.15) is 0 Å². The zero-order valence-electron chi connectivity index (χ0n) is 10.6. The summed E-state index contributed by atoms with van der Waals surface area (Å²) in [6.07, 6.45) is 8.06. The molecule has 1 heterocycles. The monoisotopic (exact) mass is 240 g/mol. The van der Waals surface area contributed by atoms with Gasteiger partial charge in [-0.3, -0.25) is 4.99 Å². The summed E-state index contributed by atoms with van der Waals surface area (Å²) in [5, 5.41) is 4.78. The molecule has 1 N–H and O–H groups in total. The molecule has 3 heteroatoms. The van der Waals surface area contributed by atoms with Gasteiger partial charge in [0.2, 0.25) is 0 Å². The summed E-state index contributed by atoms with van der Waals surface area (Å²) >= 11 is 1.89. The third-order valence-electron chi connectivity index (χ3n) is 3.80. The predicted molar refractivity (Wildman–Crippen MR) is 73.2 cm³/mol. The maximum atomic E-state index is 4.69. The van der Waals surface area contributed by atoms with E-state index in [9.17, 15) is 0 Å². The van der Waals surface area contributed by atoms with Gasteiger partial charge in [0, 0.05) is 17.8 Å². The van der Waals surface area contributed by atoms with Crippen molar-refractivity contribution in [2.24, 2.45) is 10.9 Å². The van der Waals surface area contributed by atoms with Crippen molar-refractivity contribution in [1.29, 1.82) is 0 Å². The van der Waals surface area contributed by atoms with Crippen LogP contribution in [0.1, 0.15) is 52.4 Å². The van der Waals surface area contributed by atoms with Crippen molar-refractivity contribution in [2.45, 2.75) is 57.9 Å². The number of rotatable bonds is 5. The van der Waals surface area contributed by atoms with Gasteiger partial charge in [0.1, 0.15) is 0 Å². The molecular formula is C13H24N2S. The Morgan fingerprint density at radius 2 is 2.31 bits per heavy atom. The van der Waals surface area contributed by atoms with Crippen molar-refractivity contribution < 1.29 is 0 Å². The molecule has 1 aliphatic heterocycles. The summed E-state index contributed by atoms with van der Waals surface area (Å²) in [5.74, 6) is 2.27.